The Kier molecular flexibility index (Phi) is 8.65. The Morgan fingerprint density at radius 3 is 2.55 bits per heavy atom. The summed E-state index contributed by atoms with van der Waals surface area (Å²) in [4.78, 5) is 31.9. The monoisotopic (exact) mass is 574 g/mol. The number of fused-ring (bicyclic) bond motifs is 1. The Hall–Kier alpha value is -3.07. The van der Waals surface area contributed by atoms with E-state index in [2.05, 4.69) is 4.99 Å². The van der Waals surface area contributed by atoms with Crippen molar-refractivity contribution in [3.63, 3.8) is 0 Å². The minimum atomic E-state index is -0.787. The van der Waals surface area contributed by atoms with Gasteiger partial charge in [-0.25, -0.2) is 9.79 Å². The van der Waals surface area contributed by atoms with Gasteiger partial charge in [0.2, 0.25) is 0 Å². The highest BCUT2D eigenvalue weighted by Crippen LogP contribution is 2.38. The fourth-order valence-electron chi connectivity index (χ4n) is 4.22. The van der Waals surface area contributed by atoms with Crippen LogP contribution >= 0.6 is 34.5 Å². The third-order valence-corrected chi connectivity index (χ3v) is 7.31. The predicted octanol–water partition coefficient (Wildman–Crippen LogP) is 5.29. The van der Waals surface area contributed by atoms with Gasteiger partial charge in [-0.1, -0.05) is 52.7 Å². The van der Waals surface area contributed by atoms with Crippen molar-refractivity contribution in [3.05, 3.63) is 88.5 Å². The second kappa shape index (κ2) is 11.8. The van der Waals surface area contributed by atoms with Crippen molar-refractivity contribution < 1.29 is 19.0 Å². The number of aromatic nitrogens is 1. The van der Waals surface area contributed by atoms with Gasteiger partial charge >= 0.3 is 5.97 Å². The first kappa shape index (κ1) is 28.0. The second-order valence-corrected chi connectivity index (χ2v) is 10.6. The number of nitrogens with zero attached hydrogens (tertiary/aromatic N) is 2. The number of rotatable bonds is 8. The van der Waals surface area contributed by atoms with E-state index in [9.17, 15) is 9.59 Å². The highest BCUT2D eigenvalue weighted by Gasteiger charge is 2.34. The molecule has 2 heterocycles. The summed E-state index contributed by atoms with van der Waals surface area (Å²) in [5, 5.41) is 0.801. The van der Waals surface area contributed by atoms with Gasteiger partial charge in [0.15, 0.2) is 16.3 Å². The van der Waals surface area contributed by atoms with Gasteiger partial charge in [-0.05, 0) is 70.0 Å². The Labute approximate surface area is 234 Å². The lowest BCUT2D eigenvalue weighted by Crippen LogP contribution is -2.40. The van der Waals surface area contributed by atoms with Gasteiger partial charge in [0.05, 0.1) is 40.1 Å². The summed E-state index contributed by atoms with van der Waals surface area (Å²) in [5.41, 5.74) is 1.70. The van der Waals surface area contributed by atoms with Crippen LogP contribution in [-0.4, -0.2) is 29.9 Å². The van der Waals surface area contributed by atoms with Gasteiger partial charge in [-0.15, -0.1) is 0 Å². The molecule has 1 aromatic heterocycles. The number of esters is 1. The first-order valence-electron chi connectivity index (χ1n) is 12.2. The number of carbonyl (C=O) groups excluding carboxylic acids is 1. The van der Waals surface area contributed by atoms with E-state index in [1.54, 1.807) is 50.3 Å². The Bertz CT molecular complexity index is 1590. The molecule has 1 atom stereocenters. The van der Waals surface area contributed by atoms with Crippen molar-refractivity contribution in [3.8, 4) is 11.5 Å². The molecule has 0 aliphatic carbocycles. The van der Waals surface area contributed by atoms with Crippen LogP contribution < -0.4 is 24.4 Å². The van der Waals surface area contributed by atoms with E-state index in [4.69, 9.17) is 37.4 Å². The smallest absolute Gasteiger partial charge is 0.338 e. The predicted molar refractivity (Wildman–Crippen MR) is 150 cm³/mol. The van der Waals surface area contributed by atoms with Gasteiger partial charge in [-0.3, -0.25) is 9.36 Å². The topological polar surface area (TPSA) is 79.1 Å². The summed E-state index contributed by atoms with van der Waals surface area (Å²) in [6.45, 7) is 9.75. The lowest BCUT2D eigenvalue weighted by molar-refractivity contribution is -0.139. The van der Waals surface area contributed by atoms with Crippen LogP contribution in [0.15, 0.2) is 57.5 Å². The van der Waals surface area contributed by atoms with Crippen molar-refractivity contribution in [2.24, 2.45) is 4.99 Å². The molecule has 0 saturated carbocycles. The van der Waals surface area contributed by atoms with Crippen LogP contribution in [0.4, 0.5) is 0 Å². The molecular formula is C28H28Cl2N2O5S. The number of thiazole rings is 1. The fourth-order valence-corrected chi connectivity index (χ4v) is 5.77. The SMILES string of the molecule is CCOC(=O)C1=C(C)N=c2s/c(=C\c3cc(Cl)c(OC(C)C)c(OCC)c3)c(=O)n2[C@H]1c1ccccc1Cl. The summed E-state index contributed by atoms with van der Waals surface area (Å²) >= 11 is 14.3. The van der Waals surface area contributed by atoms with E-state index in [-0.39, 0.29) is 23.8 Å². The Balaban J connectivity index is 1.92. The number of benzene rings is 2. The average molecular weight is 576 g/mol. The van der Waals surface area contributed by atoms with Gasteiger partial charge in [0.25, 0.3) is 5.56 Å². The van der Waals surface area contributed by atoms with Crippen LogP contribution in [0, 0.1) is 0 Å². The molecule has 4 rings (SSSR count). The molecule has 0 unspecified atom stereocenters. The number of allylic oxidation sites excluding steroid dienone is 1. The van der Waals surface area contributed by atoms with Gasteiger partial charge in [0, 0.05) is 5.02 Å². The zero-order valence-corrected chi connectivity index (χ0v) is 24.0. The molecule has 0 radical (unpaired) electrons. The molecule has 0 bridgehead atoms. The maximum Gasteiger partial charge on any atom is 0.338 e. The molecule has 3 aromatic rings. The highest BCUT2D eigenvalue weighted by molar-refractivity contribution is 7.07. The van der Waals surface area contributed by atoms with E-state index in [1.165, 1.54) is 15.9 Å². The minimum Gasteiger partial charge on any atom is -0.490 e. The number of carbonyl (C=O) groups is 1. The standard InChI is InChI=1S/C28H28Cl2N2O5S/c1-6-35-21-13-17(12-20(30)25(21)37-15(3)4)14-22-26(33)32-24(18-10-8-9-11-19(18)29)23(27(34)36-7-2)16(5)31-28(32)38-22/h8-15,24H,6-7H2,1-5H3/b22-14-/t24-/m0/s1. The van der Waals surface area contributed by atoms with Crippen molar-refractivity contribution in [1.29, 1.82) is 0 Å². The summed E-state index contributed by atoms with van der Waals surface area (Å²) in [5.74, 6) is 0.402. The van der Waals surface area contributed by atoms with Crippen molar-refractivity contribution in [2.75, 3.05) is 13.2 Å². The molecule has 0 spiro atoms. The molecule has 0 amide bonds. The van der Waals surface area contributed by atoms with Crippen molar-refractivity contribution >= 4 is 46.6 Å². The van der Waals surface area contributed by atoms with Crippen LogP contribution in [0.3, 0.4) is 0 Å². The maximum atomic E-state index is 13.8. The first-order valence-corrected chi connectivity index (χ1v) is 13.8. The van der Waals surface area contributed by atoms with Crippen molar-refractivity contribution in [1.82, 2.24) is 4.57 Å². The average Bonchev–Trinajstić information content (AvgIpc) is 3.15. The molecule has 10 heteroatoms. The Morgan fingerprint density at radius 2 is 1.89 bits per heavy atom. The molecule has 200 valence electrons. The van der Waals surface area contributed by atoms with E-state index in [1.807, 2.05) is 26.8 Å². The molecule has 0 N–H and O–H groups in total. The molecule has 0 fully saturated rings. The highest BCUT2D eigenvalue weighted by atomic mass is 35.5. The zero-order chi connectivity index (χ0) is 27.6. The zero-order valence-electron chi connectivity index (χ0n) is 21.7. The third kappa shape index (κ3) is 5.53. The van der Waals surface area contributed by atoms with E-state index in [0.717, 1.165) is 0 Å². The number of ether oxygens (including phenoxy) is 3. The normalized spacial score (nSPS) is 15.4. The van der Waals surface area contributed by atoms with Gasteiger partial charge < -0.3 is 14.2 Å². The lowest BCUT2D eigenvalue weighted by Gasteiger charge is -2.25. The number of hydrogen-bond acceptors (Lipinski definition) is 7. The number of halogens is 2. The largest absolute Gasteiger partial charge is 0.490 e. The van der Waals surface area contributed by atoms with Crippen LogP contribution in [0.5, 0.6) is 11.5 Å². The van der Waals surface area contributed by atoms with Crippen LogP contribution in [0.25, 0.3) is 6.08 Å². The summed E-state index contributed by atoms with van der Waals surface area (Å²) in [6.07, 6.45) is 1.63. The molecule has 2 aromatic carbocycles. The molecule has 1 aliphatic heterocycles. The third-order valence-electron chi connectivity index (χ3n) is 5.70. The minimum absolute atomic E-state index is 0.0945. The van der Waals surface area contributed by atoms with Crippen molar-refractivity contribution in [2.45, 2.75) is 46.8 Å². The first-order chi connectivity index (χ1) is 18.2. The summed E-state index contributed by atoms with van der Waals surface area (Å²) < 4.78 is 18.9. The lowest BCUT2D eigenvalue weighted by atomic mass is 9.96. The van der Waals surface area contributed by atoms with E-state index >= 15 is 0 Å². The summed E-state index contributed by atoms with van der Waals surface area (Å²) in [7, 11) is 0. The molecule has 38 heavy (non-hydrogen) atoms. The van der Waals surface area contributed by atoms with Crippen LogP contribution in [-0.2, 0) is 9.53 Å². The van der Waals surface area contributed by atoms with Gasteiger partial charge in [-0.2, -0.15) is 0 Å². The second-order valence-electron chi connectivity index (χ2n) is 8.75. The van der Waals surface area contributed by atoms with Crippen LogP contribution in [0.1, 0.15) is 51.8 Å². The number of hydrogen-bond donors (Lipinski definition) is 0. The van der Waals surface area contributed by atoms with Gasteiger partial charge in [0.1, 0.15) is 6.04 Å². The van der Waals surface area contributed by atoms with E-state index < -0.39 is 12.0 Å². The summed E-state index contributed by atoms with van der Waals surface area (Å²) in [6, 6.07) is 9.85. The van der Waals surface area contributed by atoms with E-state index in [0.29, 0.717) is 54.3 Å². The molecular weight excluding hydrogens is 547 g/mol. The maximum absolute atomic E-state index is 13.8. The molecule has 0 saturated heterocycles. The molecule has 7 nitrogen and oxygen atoms in total. The fraction of sp³-hybridized carbons (Fsp3) is 0.321. The van der Waals surface area contributed by atoms with Crippen LogP contribution in [0.2, 0.25) is 10.0 Å². The Morgan fingerprint density at radius 1 is 1.16 bits per heavy atom. The quantitative estimate of drug-likeness (QED) is 0.341. The molecule has 1 aliphatic rings.